The van der Waals surface area contributed by atoms with Gasteiger partial charge >= 0.3 is 0 Å². The van der Waals surface area contributed by atoms with E-state index in [-0.39, 0.29) is 5.91 Å². The van der Waals surface area contributed by atoms with Gasteiger partial charge in [-0.1, -0.05) is 42.5 Å². The Balaban J connectivity index is 1.28. The number of rotatable bonds is 6. The molecule has 4 nitrogen and oxygen atoms in total. The van der Waals surface area contributed by atoms with Crippen molar-refractivity contribution in [3.63, 3.8) is 0 Å². The maximum absolute atomic E-state index is 12.5. The number of carbonyl (C=O) groups excluding carboxylic acids is 1. The van der Waals surface area contributed by atoms with Crippen LogP contribution in [0.2, 0.25) is 0 Å². The van der Waals surface area contributed by atoms with E-state index in [1.54, 1.807) is 23.1 Å². The van der Waals surface area contributed by atoms with Crippen LogP contribution >= 0.6 is 23.1 Å². The molecule has 1 aliphatic heterocycles. The summed E-state index contributed by atoms with van der Waals surface area (Å²) in [5.41, 5.74) is 2.43. The zero-order chi connectivity index (χ0) is 19.3. The number of thiazole rings is 1. The van der Waals surface area contributed by atoms with Crippen LogP contribution in [0.3, 0.4) is 0 Å². The van der Waals surface area contributed by atoms with Crippen molar-refractivity contribution >= 4 is 44.4 Å². The fourth-order valence-electron chi connectivity index (χ4n) is 3.39. The summed E-state index contributed by atoms with van der Waals surface area (Å²) in [7, 11) is 0. The molecule has 0 spiro atoms. The quantitative estimate of drug-likeness (QED) is 0.552. The van der Waals surface area contributed by atoms with Crippen LogP contribution < -0.4 is 4.90 Å². The Morgan fingerprint density at radius 1 is 1.11 bits per heavy atom. The average molecular weight is 412 g/mol. The molecule has 6 heteroatoms. The first-order valence-corrected chi connectivity index (χ1v) is 11.6. The van der Waals surface area contributed by atoms with Gasteiger partial charge in [0.05, 0.1) is 10.2 Å². The van der Waals surface area contributed by atoms with Crippen molar-refractivity contribution in [2.24, 2.45) is 0 Å². The predicted octanol–water partition coefficient (Wildman–Crippen LogP) is 4.69. The van der Waals surface area contributed by atoms with E-state index in [2.05, 4.69) is 42.2 Å². The standard InChI is InChI=1S/C22H25N3OS2/c1-2-17-8-9-19-20(16-17)28-22(23-19)25-13-11-24(12-14-25)21(26)10-15-27-18-6-4-3-5-7-18/h3-9,16H,2,10-15H2,1H3. The molecule has 1 aromatic heterocycles. The summed E-state index contributed by atoms with van der Waals surface area (Å²) in [5, 5.41) is 1.08. The van der Waals surface area contributed by atoms with Crippen molar-refractivity contribution < 1.29 is 4.79 Å². The van der Waals surface area contributed by atoms with E-state index >= 15 is 0 Å². The Kier molecular flexibility index (Phi) is 6.17. The van der Waals surface area contributed by atoms with Crippen molar-refractivity contribution in [2.75, 3.05) is 36.8 Å². The molecule has 0 saturated carbocycles. The Hall–Kier alpha value is -2.05. The minimum Gasteiger partial charge on any atom is -0.345 e. The Bertz CT molecular complexity index is 933. The summed E-state index contributed by atoms with van der Waals surface area (Å²) in [5.74, 6) is 1.10. The molecule has 28 heavy (non-hydrogen) atoms. The minimum atomic E-state index is 0.264. The first kappa shape index (κ1) is 19.3. The van der Waals surface area contributed by atoms with E-state index in [9.17, 15) is 4.79 Å². The molecule has 1 saturated heterocycles. The Labute approximate surface area is 174 Å². The molecule has 1 amide bonds. The van der Waals surface area contributed by atoms with E-state index in [1.165, 1.54) is 15.2 Å². The van der Waals surface area contributed by atoms with E-state index in [1.807, 2.05) is 23.1 Å². The third-order valence-corrected chi connectivity index (χ3v) is 7.17. The van der Waals surface area contributed by atoms with Gasteiger partial charge in [0, 0.05) is 43.2 Å². The molecule has 2 aromatic carbocycles. The van der Waals surface area contributed by atoms with Gasteiger partial charge in [0.1, 0.15) is 0 Å². The highest BCUT2D eigenvalue weighted by Gasteiger charge is 2.22. The van der Waals surface area contributed by atoms with Crippen LogP contribution in [0.4, 0.5) is 5.13 Å². The number of aryl methyl sites for hydroxylation is 1. The largest absolute Gasteiger partial charge is 0.345 e. The number of nitrogens with zero attached hydrogens (tertiary/aromatic N) is 3. The molecular formula is C22H25N3OS2. The summed E-state index contributed by atoms with van der Waals surface area (Å²) < 4.78 is 1.26. The second-order valence-electron chi connectivity index (χ2n) is 6.93. The summed E-state index contributed by atoms with van der Waals surface area (Å²) in [6.45, 7) is 5.46. The first-order chi connectivity index (χ1) is 13.7. The van der Waals surface area contributed by atoms with Crippen LogP contribution in [-0.4, -0.2) is 47.7 Å². The summed E-state index contributed by atoms with van der Waals surface area (Å²) in [4.78, 5) is 22.9. The van der Waals surface area contributed by atoms with Crippen LogP contribution in [0, 0.1) is 0 Å². The van der Waals surface area contributed by atoms with Crippen LogP contribution in [-0.2, 0) is 11.2 Å². The van der Waals surface area contributed by atoms with Crippen LogP contribution in [0.5, 0.6) is 0 Å². The van der Waals surface area contributed by atoms with Gasteiger partial charge in [0.25, 0.3) is 0 Å². The molecule has 0 N–H and O–H groups in total. The summed E-state index contributed by atoms with van der Waals surface area (Å²) >= 11 is 3.51. The van der Waals surface area contributed by atoms with Crippen molar-refractivity contribution in [3.05, 3.63) is 54.1 Å². The lowest BCUT2D eigenvalue weighted by atomic mass is 10.2. The van der Waals surface area contributed by atoms with Crippen LogP contribution in [0.15, 0.2) is 53.4 Å². The van der Waals surface area contributed by atoms with Gasteiger partial charge in [-0.25, -0.2) is 4.98 Å². The maximum Gasteiger partial charge on any atom is 0.223 e. The molecule has 0 atom stereocenters. The van der Waals surface area contributed by atoms with Crippen LogP contribution in [0.25, 0.3) is 10.2 Å². The predicted molar refractivity (Wildman–Crippen MR) is 120 cm³/mol. The molecule has 0 aliphatic carbocycles. The van der Waals surface area contributed by atoms with Gasteiger partial charge in [-0.3, -0.25) is 4.79 Å². The topological polar surface area (TPSA) is 36.4 Å². The van der Waals surface area contributed by atoms with E-state index in [0.717, 1.165) is 49.0 Å². The molecule has 1 fully saturated rings. The molecule has 146 valence electrons. The average Bonchev–Trinajstić information content (AvgIpc) is 3.18. The molecule has 3 aromatic rings. The minimum absolute atomic E-state index is 0.264. The fraction of sp³-hybridized carbons (Fsp3) is 0.364. The van der Waals surface area contributed by atoms with Gasteiger partial charge in [-0.15, -0.1) is 11.8 Å². The monoisotopic (exact) mass is 411 g/mol. The van der Waals surface area contributed by atoms with E-state index < -0.39 is 0 Å². The van der Waals surface area contributed by atoms with Crippen LogP contribution in [0.1, 0.15) is 18.9 Å². The SMILES string of the molecule is CCc1ccc2nc(N3CCN(C(=O)CCSc4ccccc4)CC3)sc2c1. The second kappa shape index (κ2) is 8.97. The van der Waals surface area contributed by atoms with Crippen molar-refractivity contribution in [1.82, 2.24) is 9.88 Å². The zero-order valence-corrected chi connectivity index (χ0v) is 17.8. The Morgan fingerprint density at radius 3 is 2.64 bits per heavy atom. The second-order valence-corrected chi connectivity index (χ2v) is 9.11. The lowest BCUT2D eigenvalue weighted by Crippen LogP contribution is -2.48. The third kappa shape index (κ3) is 4.50. The number of benzene rings is 2. The maximum atomic E-state index is 12.5. The third-order valence-electron chi connectivity index (χ3n) is 5.08. The van der Waals surface area contributed by atoms with Crippen molar-refractivity contribution in [2.45, 2.75) is 24.7 Å². The molecule has 4 rings (SSSR count). The van der Waals surface area contributed by atoms with Gasteiger partial charge in [0.15, 0.2) is 5.13 Å². The van der Waals surface area contributed by atoms with Gasteiger partial charge < -0.3 is 9.80 Å². The smallest absolute Gasteiger partial charge is 0.223 e. The van der Waals surface area contributed by atoms with E-state index in [4.69, 9.17) is 4.98 Å². The van der Waals surface area contributed by atoms with E-state index in [0.29, 0.717) is 6.42 Å². The molecule has 1 aliphatic rings. The number of piperazine rings is 1. The molecule has 0 unspecified atom stereocenters. The van der Waals surface area contributed by atoms with Gasteiger partial charge in [-0.2, -0.15) is 0 Å². The first-order valence-electron chi connectivity index (χ1n) is 9.83. The highest BCUT2D eigenvalue weighted by molar-refractivity contribution is 7.99. The number of hydrogen-bond acceptors (Lipinski definition) is 5. The van der Waals surface area contributed by atoms with Gasteiger partial charge in [-0.05, 0) is 36.2 Å². The molecular weight excluding hydrogens is 386 g/mol. The number of aromatic nitrogens is 1. The highest BCUT2D eigenvalue weighted by Crippen LogP contribution is 2.30. The number of hydrogen-bond donors (Lipinski definition) is 0. The van der Waals surface area contributed by atoms with Crippen molar-refractivity contribution in [3.8, 4) is 0 Å². The Morgan fingerprint density at radius 2 is 1.89 bits per heavy atom. The molecule has 2 heterocycles. The molecule has 0 bridgehead atoms. The zero-order valence-electron chi connectivity index (χ0n) is 16.1. The number of thioether (sulfide) groups is 1. The number of anilines is 1. The lowest BCUT2D eigenvalue weighted by molar-refractivity contribution is -0.131. The summed E-state index contributed by atoms with van der Waals surface area (Å²) in [6.07, 6.45) is 1.65. The lowest BCUT2D eigenvalue weighted by Gasteiger charge is -2.34. The van der Waals surface area contributed by atoms with Crippen molar-refractivity contribution in [1.29, 1.82) is 0 Å². The molecule has 0 radical (unpaired) electrons. The van der Waals surface area contributed by atoms with Gasteiger partial charge in [0.2, 0.25) is 5.91 Å². The summed E-state index contributed by atoms with van der Waals surface area (Å²) in [6, 6.07) is 16.8. The number of carbonyl (C=O) groups is 1. The highest BCUT2D eigenvalue weighted by atomic mass is 32.2. The fourth-order valence-corrected chi connectivity index (χ4v) is 5.33. The number of fused-ring (bicyclic) bond motifs is 1. The normalized spacial score (nSPS) is 14.6. The number of amides is 1.